The van der Waals surface area contributed by atoms with Crippen LogP contribution in [0.2, 0.25) is 0 Å². The molecule has 0 saturated heterocycles. The molecule has 0 fully saturated rings. The fourth-order valence-electron chi connectivity index (χ4n) is 3.62. The number of unbranched alkanes of at least 4 members (excludes halogenated alkanes) is 1. The van der Waals surface area contributed by atoms with E-state index in [4.69, 9.17) is 5.11 Å². The minimum Gasteiger partial charge on any atom is -0.395 e. The Labute approximate surface area is 157 Å². The Morgan fingerprint density at radius 2 is 1.52 bits per heavy atom. The van der Waals surface area contributed by atoms with Crippen molar-refractivity contribution in [1.29, 1.82) is 0 Å². The van der Waals surface area contributed by atoms with Crippen molar-refractivity contribution in [3.63, 3.8) is 0 Å². The van der Waals surface area contributed by atoms with E-state index in [9.17, 15) is 4.79 Å². The molecular weight excluding hydrogens is 310 g/mol. The van der Waals surface area contributed by atoms with Crippen molar-refractivity contribution in [2.75, 3.05) is 13.2 Å². The molecule has 0 aromatic heterocycles. The largest absolute Gasteiger partial charge is 0.395 e. The summed E-state index contributed by atoms with van der Waals surface area (Å²) in [6.45, 7) is 9.74. The van der Waals surface area contributed by atoms with E-state index in [2.05, 4.69) is 33.0 Å². The highest BCUT2D eigenvalue weighted by molar-refractivity contribution is 5.75. The molecule has 1 amide bonds. The number of carbonyl (C=O) groups is 1. The van der Waals surface area contributed by atoms with Gasteiger partial charge in [-0.3, -0.25) is 4.79 Å². The highest BCUT2D eigenvalue weighted by Crippen LogP contribution is 2.24. The monoisotopic (exact) mass is 355 g/mol. The summed E-state index contributed by atoms with van der Waals surface area (Å²) in [5.74, 6) is 2.63. The second-order valence-corrected chi connectivity index (χ2v) is 8.33. The Balaban J connectivity index is 3.77. The second kappa shape index (κ2) is 16.9. The van der Waals surface area contributed by atoms with Crippen LogP contribution in [-0.2, 0) is 4.79 Å². The second-order valence-electron chi connectivity index (χ2n) is 8.33. The van der Waals surface area contributed by atoms with Crippen LogP contribution in [0, 0.1) is 17.8 Å². The Morgan fingerprint density at radius 3 is 2.12 bits per heavy atom. The van der Waals surface area contributed by atoms with Gasteiger partial charge < -0.3 is 10.4 Å². The molecule has 0 rings (SSSR count). The van der Waals surface area contributed by atoms with Crippen LogP contribution in [0.25, 0.3) is 0 Å². The van der Waals surface area contributed by atoms with Gasteiger partial charge in [-0.1, -0.05) is 91.9 Å². The van der Waals surface area contributed by atoms with Crippen LogP contribution in [0.15, 0.2) is 0 Å². The summed E-state index contributed by atoms with van der Waals surface area (Å²) in [5.41, 5.74) is 0. The summed E-state index contributed by atoms with van der Waals surface area (Å²) in [7, 11) is 0. The van der Waals surface area contributed by atoms with Crippen LogP contribution in [0.4, 0.5) is 0 Å². The van der Waals surface area contributed by atoms with Crippen LogP contribution in [0.5, 0.6) is 0 Å². The van der Waals surface area contributed by atoms with Crippen molar-refractivity contribution >= 4 is 5.91 Å². The predicted octanol–water partition coefficient (Wildman–Crippen LogP) is 5.70. The molecule has 0 heterocycles. The standard InChI is InChI=1S/C22H45NO2/c1-5-10-21(14-6-7-16-22(25)23-17-18-24)15-9-13-20(4)12-8-11-19(2)3/h19-21,24H,5-18H2,1-4H3,(H,23,25). The minimum absolute atomic E-state index is 0.0280. The first-order valence-electron chi connectivity index (χ1n) is 10.9. The Kier molecular flexibility index (Phi) is 16.5. The van der Waals surface area contributed by atoms with Gasteiger partial charge >= 0.3 is 0 Å². The first-order chi connectivity index (χ1) is 12.0. The average molecular weight is 356 g/mol. The number of carbonyl (C=O) groups excluding carboxylic acids is 1. The average Bonchev–Trinajstić information content (AvgIpc) is 2.56. The third-order valence-electron chi connectivity index (χ3n) is 5.18. The number of amides is 1. The van der Waals surface area contributed by atoms with Gasteiger partial charge in [0.05, 0.1) is 6.61 Å². The lowest BCUT2D eigenvalue weighted by molar-refractivity contribution is -0.121. The first kappa shape index (κ1) is 24.4. The van der Waals surface area contributed by atoms with Gasteiger partial charge in [-0.05, 0) is 24.2 Å². The summed E-state index contributed by atoms with van der Waals surface area (Å²) in [6.07, 6.45) is 14.8. The van der Waals surface area contributed by atoms with Gasteiger partial charge in [-0.15, -0.1) is 0 Å². The van der Waals surface area contributed by atoms with E-state index >= 15 is 0 Å². The summed E-state index contributed by atoms with van der Waals surface area (Å²) >= 11 is 0. The molecule has 0 saturated carbocycles. The third-order valence-corrected chi connectivity index (χ3v) is 5.18. The van der Waals surface area contributed by atoms with Crippen LogP contribution in [-0.4, -0.2) is 24.2 Å². The van der Waals surface area contributed by atoms with E-state index in [0.29, 0.717) is 13.0 Å². The van der Waals surface area contributed by atoms with Gasteiger partial charge in [-0.25, -0.2) is 0 Å². The van der Waals surface area contributed by atoms with Crippen LogP contribution in [0.1, 0.15) is 105 Å². The fraction of sp³-hybridized carbons (Fsp3) is 0.955. The van der Waals surface area contributed by atoms with Crippen molar-refractivity contribution in [3.8, 4) is 0 Å². The number of aliphatic hydroxyl groups is 1. The molecule has 0 aliphatic heterocycles. The van der Waals surface area contributed by atoms with Crippen molar-refractivity contribution in [2.24, 2.45) is 17.8 Å². The van der Waals surface area contributed by atoms with Gasteiger partial charge in [0.2, 0.25) is 5.91 Å². The SMILES string of the molecule is CCCC(CCCCC(=O)NCCO)CCCC(C)CCCC(C)C. The van der Waals surface area contributed by atoms with E-state index in [1.807, 2.05) is 0 Å². The van der Waals surface area contributed by atoms with Crippen molar-refractivity contribution < 1.29 is 9.90 Å². The molecule has 0 aliphatic carbocycles. The molecule has 2 N–H and O–H groups in total. The number of hydrogen-bond donors (Lipinski definition) is 2. The zero-order chi connectivity index (χ0) is 18.9. The molecule has 0 aliphatic rings. The lowest BCUT2D eigenvalue weighted by atomic mass is 9.88. The summed E-state index contributed by atoms with van der Waals surface area (Å²) in [6, 6.07) is 0. The third kappa shape index (κ3) is 16.6. The zero-order valence-electron chi connectivity index (χ0n) is 17.5. The molecule has 2 atom stereocenters. The Hall–Kier alpha value is -0.570. The van der Waals surface area contributed by atoms with E-state index in [1.54, 1.807) is 0 Å². The van der Waals surface area contributed by atoms with E-state index in [-0.39, 0.29) is 12.5 Å². The number of hydrogen-bond acceptors (Lipinski definition) is 2. The van der Waals surface area contributed by atoms with E-state index in [1.165, 1.54) is 57.8 Å². The summed E-state index contributed by atoms with van der Waals surface area (Å²) in [4.78, 5) is 11.5. The maximum absolute atomic E-state index is 11.5. The minimum atomic E-state index is 0.0280. The maximum Gasteiger partial charge on any atom is 0.220 e. The lowest BCUT2D eigenvalue weighted by Gasteiger charge is -2.18. The predicted molar refractivity (Wildman–Crippen MR) is 109 cm³/mol. The molecule has 25 heavy (non-hydrogen) atoms. The molecule has 0 aromatic carbocycles. The number of rotatable bonds is 17. The molecule has 0 spiro atoms. The Bertz CT molecular complexity index is 304. The van der Waals surface area contributed by atoms with Gasteiger partial charge in [0.1, 0.15) is 0 Å². The first-order valence-corrected chi connectivity index (χ1v) is 10.9. The maximum atomic E-state index is 11.5. The van der Waals surface area contributed by atoms with Crippen LogP contribution < -0.4 is 5.32 Å². The molecule has 3 heteroatoms. The summed E-state index contributed by atoms with van der Waals surface area (Å²) < 4.78 is 0. The molecule has 0 bridgehead atoms. The highest BCUT2D eigenvalue weighted by atomic mass is 16.3. The highest BCUT2D eigenvalue weighted by Gasteiger charge is 2.10. The number of nitrogens with one attached hydrogen (secondary N) is 1. The quantitative estimate of drug-likeness (QED) is 0.329. The number of aliphatic hydroxyl groups excluding tert-OH is 1. The summed E-state index contributed by atoms with van der Waals surface area (Å²) in [5, 5.41) is 11.4. The van der Waals surface area contributed by atoms with E-state index in [0.717, 1.165) is 30.6 Å². The van der Waals surface area contributed by atoms with Crippen LogP contribution in [0.3, 0.4) is 0 Å². The topological polar surface area (TPSA) is 49.3 Å². The van der Waals surface area contributed by atoms with E-state index < -0.39 is 0 Å². The zero-order valence-corrected chi connectivity index (χ0v) is 17.5. The molecule has 2 unspecified atom stereocenters. The van der Waals surface area contributed by atoms with Gasteiger partial charge in [0, 0.05) is 13.0 Å². The molecule has 3 nitrogen and oxygen atoms in total. The lowest BCUT2D eigenvalue weighted by Crippen LogP contribution is -2.25. The molecule has 0 aromatic rings. The smallest absolute Gasteiger partial charge is 0.220 e. The molecule has 0 radical (unpaired) electrons. The molecule has 150 valence electrons. The van der Waals surface area contributed by atoms with Crippen molar-refractivity contribution in [1.82, 2.24) is 5.32 Å². The Morgan fingerprint density at radius 1 is 0.880 bits per heavy atom. The van der Waals surface area contributed by atoms with Crippen LogP contribution >= 0.6 is 0 Å². The van der Waals surface area contributed by atoms with Gasteiger partial charge in [-0.2, -0.15) is 0 Å². The van der Waals surface area contributed by atoms with Gasteiger partial charge in [0.15, 0.2) is 0 Å². The van der Waals surface area contributed by atoms with Crippen molar-refractivity contribution in [2.45, 2.75) is 105 Å². The van der Waals surface area contributed by atoms with Crippen molar-refractivity contribution in [3.05, 3.63) is 0 Å². The van der Waals surface area contributed by atoms with Gasteiger partial charge in [0.25, 0.3) is 0 Å². The fourth-order valence-corrected chi connectivity index (χ4v) is 3.62. The molecular formula is C22H45NO2. The normalized spacial score (nSPS) is 13.8.